The first kappa shape index (κ1) is 12.0. The van der Waals surface area contributed by atoms with Crippen molar-refractivity contribution in [3.8, 4) is 0 Å². The molecule has 2 nitrogen and oxygen atoms in total. The van der Waals surface area contributed by atoms with Gasteiger partial charge >= 0.3 is 0 Å². The molecular formula is C9H20N2S. The van der Waals surface area contributed by atoms with Crippen molar-refractivity contribution in [3.05, 3.63) is 12.7 Å². The lowest BCUT2D eigenvalue weighted by molar-refractivity contribution is 0.543. The first-order chi connectivity index (χ1) is 5.70. The molecule has 0 fully saturated rings. The molecule has 0 saturated carbocycles. The largest absolute Gasteiger partial charge is 0.271 e. The van der Waals surface area contributed by atoms with E-state index >= 15 is 0 Å². The lowest BCUT2D eigenvalue weighted by Gasteiger charge is -2.15. The van der Waals surface area contributed by atoms with Gasteiger partial charge in [-0.15, -0.1) is 6.58 Å². The van der Waals surface area contributed by atoms with Crippen LogP contribution in [0.3, 0.4) is 0 Å². The van der Waals surface area contributed by atoms with E-state index in [0.717, 1.165) is 18.6 Å². The van der Waals surface area contributed by atoms with E-state index in [9.17, 15) is 0 Å². The average molecular weight is 188 g/mol. The van der Waals surface area contributed by atoms with Crippen molar-refractivity contribution >= 4 is 11.8 Å². The lowest BCUT2D eigenvalue weighted by Crippen LogP contribution is -2.37. The first-order valence-corrected chi connectivity index (χ1v) is 5.44. The third kappa shape index (κ3) is 6.70. The average Bonchev–Trinajstić information content (AvgIpc) is 2.05. The fraction of sp³-hybridized carbons (Fsp3) is 0.778. The maximum atomic E-state index is 5.40. The predicted molar refractivity (Wildman–Crippen MR) is 58.1 cm³/mol. The summed E-state index contributed by atoms with van der Waals surface area (Å²) in [5.74, 6) is 6.49. The molecule has 3 N–H and O–H groups in total. The van der Waals surface area contributed by atoms with Crippen LogP contribution in [0.15, 0.2) is 12.7 Å². The summed E-state index contributed by atoms with van der Waals surface area (Å²) in [6, 6.07) is 0.426. The Balaban J connectivity index is 3.45. The molecule has 0 aliphatic carbocycles. The van der Waals surface area contributed by atoms with Crippen LogP contribution in [0.5, 0.6) is 0 Å². The monoisotopic (exact) mass is 188 g/mol. The molecule has 12 heavy (non-hydrogen) atoms. The molecule has 0 spiro atoms. The molecule has 0 radical (unpaired) electrons. The molecule has 0 amide bonds. The third-order valence-corrected chi connectivity index (χ3v) is 2.85. The Morgan fingerprint density at radius 3 is 2.67 bits per heavy atom. The van der Waals surface area contributed by atoms with Crippen LogP contribution in [0.1, 0.15) is 26.7 Å². The van der Waals surface area contributed by atoms with E-state index in [-0.39, 0.29) is 0 Å². The number of allylic oxidation sites excluding steroid dienone is 1. The van der Waals surface area contributed by atoms with E-state index < -0.39 is 0 Å². The van der Waals surface area contributed by atoms with E-state index in [0.29, 0.717) is 11.3 Å². The number of hydrogen-bond donors (Lipinski definition) is 2. The Morgan fingerprint density at radius 2 is 2.25 bits per heavy atom. The summed E-state index contributed by atoms with van der Waals surface area (Å²) < 4.78 is 0. The quantitative estimate of drug-likeness (QED) is 0.364. The minimum atomic E-state index is 0.426. The smallest absolute Gasteiger partial charge is 0.0304 e. The van der Waals surface area contributed by atoms with E-state index in [4.69, 9.17) is 5.84 Å². The summed E-state index contributed by atoms with van der Waals surface area (Å²) in [6.45, 7) is 8.09. The van der Waals surface area contributed by atoms with E-state index in [1.807, 2.05) is 17.8 Å². The Hall–Kier alpha value is 0.01000. The number of rotatable bonds is 7. The normalized spacial score (nSPS) is 13.3. The van der Waals surface area contributed by atoms with Crippen molar-refractivity contribution in [3.63, 3.8) is 0 Å². The van der Waals surface area contributed by atoms with Crippen molar-refractivity contribution < 1.29 is 0 Å². The van der Waals surface area contributed by atoms with Crippen LogP contribution < -0.4 is 11.3 Å². The summed E-state index contributed by atoms with van der Waals surface area (Å²) in [4.78, 5) is 0. The summed E-state index contributed by atoms with van der Waals surface area (Å²) in [7, 11) is 0. The highest BCUT2D eigenvalue weighted by molar-refractivity contribution is 7.99. The Bertz CT molecular complexity index is 115. The fourth-order valence-electron chi connectivity index (χ4n) is 0.842. The Kier molecular flexibility index (Phi) is 7.65. The van der Waals surface area contributed by atoms with Gasteiger partial charge in [0, 0.05) is 11.8 Å². The van der Waals surface area contributed by atoms with Gasteiger partial charge in [0.2, 0.25) is 0 Å². The van der Waals surface area contributed by atoms with Gasteiger partial charge in [-0.1, -0.05) is 19.9 Å². The third-order valence-electron chi connectivity index (χ3n) is 1.59. The Labute approximate surface area is 80.0 Å². The van der Waals surface area contributed by atoms with E-state index in [1.165, 1.54) is 0 Å². The zero-order valence-corrected chi connectivity index (χ0v) is 8.86. The maximum absolute atomic E-state index is 5.40. The van der Waals surface area contributed by atoms with Crippen molar-refractivity contribution in [1.29, 1.82) is 0 Å². The predicted octanol–water partition coefficient (Wildman–Crippen LogP) is 1.93. The minimum absolute atomic E-state index is 0.426. The number of hydrazine groups is 1. The number of hydrogen-bond acceptors (Lipinski definition) is 3. The van der Waals surface area contributed by atoms with Crippen LogP contribution in [0, 0.1) is 0 Å². The molecule has 0 aliphatic heterocycles. The van der Waals surface area contributed by atoms with Crippen molar-refractivity contribution in [2.24, 2.45) is 5.84 Å². The van der Waals surface area contributed by atoms with Crippen molar-refractivity contribution in [1.82, 2.24) is 5.43 Å². The molecule has 0 aromatic heterocycles. The molecule has 0 heterocycles. The van der Waals surface area contributed by atoms with Crippen molar-refractivity contribution in [2.75, 3.05) is 5.75 Å². The highest BCUT2D eigenvalue weighted by atomic mass is 32.2. The SMILES string of the molecule is C=CCCC(CSC(C)C)NN. The minimum Gasteiger partial charge on any atom is -0.271 e. The molecule has 0 rings (SSSR count). The summed E-state index contributed by atoms with van der Waals surface area (Å²) in [6.07, 6.45) is 4.05. The van der Waals surface area contributed by atoms with Gasteiger partial charge in [0.15, 0.2) is 0 Å². The van der Waals surface area contributed by atoms with Crippen molar-refractivity contribution in [2.45, 2.75) is 38.0 Å². The van der Waals surface area contributed by atoms with E-state index in [2.05, 4.69) is 25.9 Å². The van der Waals surface area contributed by atoms with Gasteiger partial charge in [-0.25, -0.2) is 0 Å². The van der Waals surface area contributed by atoms with Crippen LogP contribution in [0.2, 0.25) is 0 Å². The fourth-order valence-corrected chi connectivity index (χ4v) is 1.72. The summed E-state index contributed by atoms with van der Waals surface area (Å²) in [5, 5.41) is 0.685. The second-order valence-electron chi connectivity index (χ2n) is 3.11. The molecule has 0 saturated heterocycles. The van der Waals surface area contributed by atoms with Crippen LogP contribution in [-0.2, 0) is 0 Å². The molecule has 0 aromatic carbocycles. The molecule has 1 atom stereocenters. The Morgan fingerprint density at radius 1 is 1.58 bits per heavy atom. The van der Waals surface area contributed by atoms with Crippen LogP contribution in [0.4, 0.5) is 0 Å². The second kappa shape index (κ2) is 7.65. The maximum Gasteiger partial charge on any atom is 0.0304 e. The van der Waals surface area contributed by atoms with Gasteiger partial charge in [0.05, 0.1) is 0 Å². The molecule has 1 unspecified atom stereocenters. The summed E-state index contributed by atoms with van der Waals surface area (Å²) in [5.41, 5.74) is 2.82. The van der Waals surface area contributed by atoms with Crippen LogP contribution in [-0.4, -0.2) is 17.0 Å². The zero-order valence-electron chi connectivity index (χ0n) is 8.05. The van der Waals surface area contributed by atoms with Crippen LogP contribution >= 0.6 is 11.8 Å². The topological polar surface area (TPSA) is 38.0 Å². The molecule has 72 valence electrons. The van der Waals surface area contributed by atoms with Gasteiger partial charge in [-0.05, 0) is 18.1 Å². The number of nitrogens with two attached hydrogens (primary N) is 1. The highest BCUT2D eigenvalue weighted by Gasteiger charge is 2.05. The van der Waals surface area contributed by atoms with Gasteiger partial charge in [0.25, 0.3) is 0 Å². The highest BCUT2D eigenvalue weighted by Crippen LogP contribution is 2.12. The lowest BCUT2D eigenvalue weighted by atomic mass is 10.2. The molecule has 0 bridgehead atoms. The first-order valence-electron chi connectivity index (χ1n) is 4.39. The van der Waals surface area contributed by atoms with Gasteiger partial charge in [-0.2, -0.15) is 11.8 Å². The summed E-state index contributed by atoms with van der Waals surface area (Å²) >= 11 is 1.94. The van der Waals surface area contributed by atoms with Gasteiger partial charge < -0.3 is 0 Å². The van der Waals surface area contributed by atoms with Gasteiger partial charge in [-0.3, -0.25) is 11.3 Å². The van der Waals surface area contributed by atoms with Gasteiger partial charge in [0.1, 0.15) is 0 Å². The second-order valence-corrected chi connectivity index (χ2v) is 4.72. The molecule has 3 heteroatoms. The van der Waals surface area contributed by atoms with Crippen LogP contribution in [0.25, 0.3) is 0 Å². The molecular weight excluding hydrogens is 168 g/mol. The number of nitrogens with one attached hydrogen (secondary N) is 1. The standard InChI is InChI=1S/C9H20N2S/c1-4-5-6-9(11-10)7-12-8(2)3/h4,8-9,11H,1,5-7,10H2,2-3H3. The number of thioether (sulfide) groups is 1. The molecule has 0 aliphatic rings. The zero-order chi connectivity index (χ0) is 9.40. The molecule has 0 aromatic rings. The van der Waals surface area contributed by atoms with E-state index in [1.54, 1.807) is 0 Å².